The quantitative estimate of drug-likeness (QED) is 0.241. The second-order valence-electron chi connectivity index (χ2n) is 12.7. The standard InChI is InChI=1S/C33H47FN4O5/c1-42-16-5-17-43-33(41)29-19-24-18-25(12-13-28(24)37-29)36-31(39)30-26(21-6-3-2-4-7-21)14-15-38(30)32(40)23-10-8-22(9-11-23)27(35)20-34/h12-13,18-19,21-23,26-27,30,37H,2-11,14-17,20,35H2,1H3,(H,36,39)/t22?,23?,26-,27+,30-/m0/s1. The molecule has 3 fully saturated rings. The highest BCUT2D eigenvalue weighted by molar-refractivity contribution is 6.01. The lowest BCUT2D eigenvalue weighted by molar-refractivity contribution is -0.142. The number of rotatable bonds is 11. The molecule has 2 amide bonds. The Morgan fingerprint density at radius 1 is 1.05 bits per heavy atom. The van der Waals surface area contributed by atoms with Crippen molar-refractivity contribution >= 4 is 34.4 Å². The van der Waals surface area contributed by atoms with E-state index in [4.69, 9.17) is 15.2 Å². The van der Waals surface area contributed by atoms with Gasteiger partial charge in [-0.1, -0.05) is 32.1 Å². The Bertz CT molecular complexity index is 1250. The van der Waals surface area contributed by atoms with E-state index in [0.29, 0.717) is 49.7 Å². The number of likely N-dealkylation sites (tertiary alicyclic amines) is 1. The Balaban J connectivity index is 1.29. The van der Waals surface area contributed by atoms with E-state index in [2.05, 4.69) is 10.3 Å². The van der Waals surface area contributed by atoms with Gasteiger partial charge in [-0.15, -0.1) is 0 Å². The number of H-pyrrole nitrogens is 1. The largest absolute Gasteiger partial charge is 0.461 e. The Labute approximate surface area is 253 Å². The maximum atomic E-state index is 14.0. The summed E-state index contributed by atoms with van der Waals surface area (Å²) in [6.45, 7) is 0.851. The first-order valence-electron chi connectivity index (χ1n) is 16.1. The molecule has 2 aromatic rings. The number of aromatic nitrogens is 1. The second kappa shape index (κ2) is 14.7. The van der Waals surface area contributed by atoms with Gasteiger partial charge in [-0.05, 0) is 74.1 Å². The minimum absolute atomic E-state index is 0.0560. The highest BCUT2D eigenvalue weighted by Crippen LogP contribution is 2.41. The molecule has 1 saturated heterocycles. The lowest BCUT2D eigenvalue weighted by Gasteiger charge is -2.36. The second-order valence-corrected chi connectivity index (χ2v) is 12.7. The van der Waals surface area contributed by atoms with Crippen molar-refractivity contribution in [2.45, 2.75) is 82.7 Å². The van der Waals surface area contributed by atoms with E-state index in [-0.39, 0.29) is 36.2 Å². The van der Waals surface area contributed by atoms with Crippen LogP contribution >= 0.6 is 0 Å². The SMILES string of the molecule is COCCCOC(=O)c1cc2cc(NC(=O)[C@@H]3[C@H](C4CCCCC4)CCN3C(=O)C3CCC([C@H](N)CF)CC3)ccc2[nH]1. The number of nitrogens with one attached hydrogen (secondary N) is 2. The smallest absolute Gasteiger partial charge is 0.354 e. The normalized spacial score (nSPS) is 25.5. The zero-order chi connectivity index (χ0) is 30.3. The van der Waals surface area contributed by atoms with E-state index in [1.807, 2.05) is 23.1 Å². The minimum atomic E-state index is -0.532. The van der Waals surface area contributed by atoms with Crippen LogP contribution in [0.4, 0.5) is 10.1 Å². The van der Waals surface area contributed by atoms with Gasteiger partial charge in [-0.2, -0.15) is 0 Å². The Morgan fingerprint density at radius 2 is 1.81 bits per heavy atom. The van der Waals surface area contributed by atoms with Gasteiger partial charge in [-0.3, -0.25) is 9.59 Å². The third-order valence-electron chi connectivity index (χ3n) is 9.99. The fourth-order valence-corrected chi connectivity index (χ4v) is 7.59. The van der Waals surface area contributed by atoms with Crippen LogP contribution in [0.15, 0.2) is 24.3 Å². The number of carbonyl (C=O) groups excluding carboxylic acids is 3. The van der Waals surface area contributed by atoms with Gasteiger partial charge in [0.2, 0.25) is 11.8 Å². The lowest BCUT2D eigenvalue weighted by Crippen LogP contribution is -2.50. The molecule has 2 saturated carbocycles. The zero-order valence-electron chi connectivity index (χ0n) is 25.3. The van der Waals surface area contributed by atoms with Gasteiger partial charge in [0, 0.05) is 55.2 Å². The van der Waals surface area contributed by atoms with Crippen LogP contribution in [0.1, 0.15) is 81.1 Å². The van der Waals surface area contributed by atoms with Crippen molar-refractivity contribution < 1.29 is 28.2 Å². The number of nitrogens with zero attached hydrogens (tertiary/aromatic N) is 1. The third-order valence-corrected chi connectivity index (χ3v) is 9.99. The van der Waals surface area contributed by atoms with E-state index >= 15 is 0 Å². The molecule has 5 rings (SSSR count). The molecular weight excluding hydrogens is 551 g/mol. The molecule has 9 nitrogen and oxygen atoms in total. The van der Waals surface area contributed by atoms with Crippen LogP contribution in [-0.2, 0) is 19.1 Å². The topological polar surface area (TPSA) is 127 Å². The summed E-state index contributed by atoms with van der Waals surface area (Å²) in [4.78, 5) is 45.3. The summed E-state index contributed by atoms with van der Waals surface area (Å²) in [5.74, 6) is 0.00776. The van der Waals surface area contributed by atoms with E-state index in [9.17, 15) is 18.8 Å². The molecule has 43 heavy (non-hydrogen) atoms. The molecule has 1 aromatic carbocycles. The Kier molecular flexibility index (Phi) is 10.7. The highest BCUT2D eigenvalue weighted by Gasteiger charge is 2.47. The molecule has 236 valence electrons. The number of carbonyl (C=O) groups is 3. The predicted molar refractivity (Wildman–Crippen MR) is 163 cm³/mol. The molecule has 0 bridgehead atoms. The van der Waals surface area contributed by atoms with Gasteiger partial charge in [0.25, 0.3) is 0 Å². The number of benzene rings is 1. The molecule has 0 spiro atoms. The van der Waals surface area contributed by atoms with Crippen LogP contribution < -0.4 is 11.1 Å². The van der Waals surface area contributed by atoms with Crippen molar-refractivity contribution in [2.75, 3.05) is 38.9 Å². The number of alkyl halides is 1. The summed E-state index contributed by atoms with van der Waals surface area (Å²) in [7, 11) is 1.60. The molecule has 0 unspecified atom stereocenters. The number of amides is 2. The van der Waals surface area contributed by atoms with E-state index in [0.717, 1.165) is 43.0 Å². The summed E-state index contributed by atoms with van der Waals surface area (Å²) < 4.78 is 23.4. The summed E-state index contributed by atoms with van der Waals surface area (Å²) in [5, 5.41) is 3.90. The van der Waals surface area contributed by atoms with Crippen LogP contribution in [0.25, 0.3) is 10.9 Å². The molecule has 2 aliphatic carbocycles. The number of methoxy groups -OCH3 is 1. The maximum Gasteiger partial charge on any atom is 0.354 e. The van der Waals surface area contributed by atoms with E-state index in [1.54, 1.807) is 13.2 Å². The Hall–Kier alpha value is -2.98. The van der Waals surface area contributed by atoms with Crippen molar-refractivity contribution in [3.8, 4) is 0 Å². The van der Waals surface area contributed by atoms with Gasteiger partial charge in [0.15, 0.2) is 0 Å². The molecular formula is C33H47FN4O5. The molecule has 4 N–H and O–H groups in total. The molecule has 0 radical (unpaired) electrons. The van der Waals surface area contributed by atoms with Gasteiger partial charge < -0.3 is 30.4 Å². The average molecular weight is 599 g/mol. The van der Waals surface area contributed by atoms with Crippen LogP contribution in [0.5, 0.6) is 0 Å². The maximum absolute atomic E-state index is 14.0. The van der Waals surface area contributed by atoms with Crippen molar-refractivity contribution in [2.24, 2.45) is 29.4 Å². The van der Waals surface area contributed by atoms with Crippen LogP contribution in [-0.4, -0.2) is 73.3 Å². The zero-order valence-corrected chi connectivity index (χ0v) is 25.3. The highest BCUT2D eigenvalue weighted by atomic mass is 19.1. The molecule has 1 aromatic heterocycles. The first-order valence-corrected chi connectivity index (χ1v) is 16.1. The van der Waals surface area contributed by atoms with Gasteiger partial charge in [0.1, 0.15) is 18.4 Å². The van der Waals surface area contributed by atoms with E-state index < -0.39 is 24.7 Å². The average Bonchev–Trinajstić information content (AvgIpc) is 3.68. The number of ether oxygens (including phenoxy) is 2. The van der Waals surface area contributed by atoms with Crippen molar-refractivity contribution in [3.05, 3.63) is 30.0 Å². The fraction of sp³-hybridized carbons (Fsp3) is 0.667. The number of esters is 1. The first kappa shape index (κ1) is 31.4. The number of hydrogen-bond acceptors (Lipinski definition) is 6. The Morgan fingerprint density at radius 3 is 2.53 bits per heavy atom. The van der Waals surface area contributed by atoms with Crippen LogP contribution in [0, 0.1) is 23.7 Å². The molecule has 3 atom stereocenters. The van der Waals surface area contributed by atoms with Crippen molar-refractivity contribution in [1.82, 2.24) is 9.88 Å². The van der Waals surface area contributed by atoms with Gasteiger partial charge in [0.05, 0.1) is 6.61 Å². The number of halogens is 1. The van der Waals surface area contributed by atoms with Crippen LogP contribution in [0.3, 0.4) is 0 Å². The fourth-order valence-electron chi connectivity index (χ4n) is 7.59. The number of anilines is 1. The number of hydrogen-bond donors (Lipinski definition) is 3. The molecule has 3 aliphatic rings. The minimum Gasteiger partial charge on any atom is -0.461 e. The predicted octanol–water partition coefficient (Wildman–Crippen LogP) is 5.20. The first-order chi connectivity index (χ1) is 20.9. The van der Waals surface area contributed by atoms with Crippen molar-refractivity contribution in [1.29, 1.82) is 0 Å². The van der Waals surface area contributed by atoms with Crippen LogP contribution in [0.2, 0.25) is 0 Å². The lowest BCUT2D eigenvalue weighted by atomic mass is 9.76. The van der Waals surface area contributed by atoms with E-state index in [1.165, 1.54) is 19.3 Å². The molecule has 2 heterocycles. The molecule has 10 heteroatoms. The summed E-state index contributed by atoms with van der Waals surface area (Å²) in [6, 6.07) is 6.25. The number of aromatic amines is 1. The van der Waals surface area contributed by atoms with Gasteiger partial charge in [-0.25, -0.2) is 9.18 Å². The number of nitrogens with two attached hydrogens (primary N) is 1. The van der Waals surface area contributed by atoms with Gasteiger partial charge >= 0.3 is 5.97 Å². The monoisotopic (exact) mass is 598 g/mol. The summed E-state index contributed by atoms with van der Waals surface area (Å²) >= 11 is 0. The van der Waals surface area contributed by atoms with Crippen molar-refractivity contribution in [3.63, 3.8) is 0 Å². The summed E-state index contributed by atoms with van der Waals surface area (Å²) in [6.07, 6.45) is 10.1. The third kappa shape index (κ3) is 7.40. The summed E-state index contributed by atoms with van der Waals surface area (Å²) in [5.41, 5.74) is 7.70. The number of fused-ring (bicyclic) bond motifs is 1. The molecule has 1 aliphatic heterocycles.